The topological polar surface area (TPSA) is 49.4 Å². The maximum absolute atomic E-state index is 13.2. The van der Waals surface area contributed by atoms with Gasteiger partial charge in [-0.15, -0.1) is 11.8 Å². The standard InChI is InChI=1S/C25H29Cl3N2O2S/c1-17(25(32)29-20-5-2-3-6-20)30(16-18-8-13-22(27)23(28)15-18)24(31)7-4-14-33-21-11-9-19(26)10-12-21/h8-13,15,17,20H,2-7,14,16H2,1H3,(H,29,32)/t17-/m1/s1. The summed E-state index contributed by atoms with van der Waals surface area (Å²) in [6.45, 7) is 2.10. The highest BCUT2D eigenvalue weighted by Gasteiger charge is 2.28. The third-order valence-corrected chi connectivity index (χ3v) is 7.91. The Bertz CT molecular complexity index is 949. The van der Waals surface area contributed by atoms with E-state index in [0.717, 1.165) is 41.9 Å². The third kappa shape index (κ3) is 8.10. The number of carbonyl (C=O) groups is 2. The van der Waals surface area contributed by atoms with Crippen molar-refractivity contribution in [2.24, 2.45) is 0 Å². The molecule has 8 heteroatoms. The van der Waals surface area contributed by atoms with Gasteiger partial charge < -0.3 is 10.2 Å². The lowest BCUT2D eigenvalue weighted by Gasteiger charge is -2.30. The van der Waals surface area contributed by atoms with Crippen LogP contribution in [0.15, 0.2) is 47.4 Å². The Balaban J connectivity index is 1.62. The van der Waals surface area contributed by atoms with E-state index in [4.69, 9.17) is 34.8 Å². The molecule has 1 saturated carbocycles. The van der Waals surface area contributed by atoms with Gasteiger partial charge in [0.25, 0.3) is 0 Å². The van der Waals surface area contributed by atoms with Crippen molar-refractivity contribution in [1.29, 1.82) is 0 Å². The van der Waals surface area contributed by atoms with Crippen molar-refractivity contribution in [3.63, 3.8) is 0 Å². The highest BCUT2D eigenvalue weighted by Crippen LogP contribution is 2.25. The molecule has 1 fully saturated rings. The van der Waals surface area contributed by atoms with Gasteiger partial charge in [0, 0.05) is 28.9 Å². The zero-order chi connectivity index (χ0) is 23.8. The van der Waals surface area contributed by atoms with Crippen LogP contribution in [0.5, 0.6) is 0 Å². The monoisotopic (exact) mass is 526 g/mol. The fraction of sp³-hybridized carbons (Fsp3) is 0.440. The first-order valence-corrected chi connectivity index (χ1v) is 13.4. The molecule has 0 radical (unpaired) electrons. The van der Waals surface area contributed by atoms with Crippen LogP contribution < -0.4 is 5.32 Å². The minimum Gasteiger partial charge on any atom is -0.352 e. The van der Waals surface area contributed by atoms with Crippen molar-refractivity contribution in [1.82, 2.24) is 10.2 Å². The molecule has 1 aliphatic rings. The lowest BCUT2D eigenvalue weighted by Crippen LogP contribution is -2.49. The Morgan fingerprint density at radius 2 is 1.76 bits per heavy atom. The normalized spacial score (nSPS) is 14.8. The molecule has 33 heavy (non-hydrogen) atoms. The molecule has 178 valence electrons. The molecule has 0 bridgehead atoms. The third-order valence-electron chi connectivity index (χ3n) is 5.82. The number of nitrogens with one attached hydrogen (secondary N) is 1. The molecule has 1 N–H and O–H groups in total. The highest BCUT2D eigenvalue weighted by molar-refractivity contribution is 7.99. The van der Waals surface area contributed by atoms with E-state index in [0.29, 0.717) is 34.5 Å². The van der Waals surface area contributed by atoms with Gasteiger partial charge in [-0.2, -0.15) is 0 Å². The summed E-state index contributed by atoms with van der Waals surface area (Å²) in [6.07, 6.45) is 5.35. The summed E-state index contributed by atoms with van der Waals surface area (Å²) in [4.78, 5) is 28.9. The molecule has 0 heterocycles. The second kappa shape index (κ2) is 12.9. The Kier molecular flexibility index (Phi) is 10.2. The van der Waals surface area contributed by atoms with Crippen molar-refractivity contribution in [3.8, 4) is 0 Å². The van der Waals surface area contributed by atoms with Crippen LogP contribution >= 0.6 is 46.6 Å². The van der Waals surface area contributed by atoms with Gasteiger partial charge in [0.2, 0.25) is 11.8 Å². The van der Waals surface area contributed by atoms with Crippen LogP contribution in [-0.2, 0) is 16.1 Å². The smallest absolute Gasteiger partial charge is 0.242 e. The number of amides is 2. The maximum atomic E-state index is 13.2. The number of carbonyl (C=O) groups excluding carboxylic acids is 2. The van der Waals surface area contributed by atoms with Gasteiger partial charge in [0.05, 0.1) is 10.0 Å². The molecule has 1 atom stereocenters. The van der Waals surface area contributed by atoms with Gasteiger partial charge in [0.15, 0.2) is 0 Å². The average molecular weight is 528 g/mol. The summed E-state index contributed by atoms with van der Waals surface area (Å²) in [5.41, 5.74) is 0.841. The van der Waals surface area contributed by atoms with Crippen LogP contribution in [0.4, 0.5) is 0 Å². The average Bonchev–Trinajstić information content (AvgIpc) is 3.31. The van der Waals surface area contributed by atoms with Crippen molar-refractivity contribution in [3.05, 3.63) is 63.1 Å². The summed E-state index contributed by atoms with van der Waals surface area (Å²) < 4.78 is 0. The number of rotatable bonds is 10. The van der Waals surface area contributed by atoms with E-state index in [-0.39, 0.29) is 17.9 Å². The van der Waals surface area contributed by atoms with E-state index >= 15 is 0 Å². The van der Waals surface area contributed by atoms with E-state index < -0.39 is 6.04 Å². The summed E-state index contributed by atoms with van der Waals surface area (Å²) in [5, 5.41) is 4.72. The SMILES string of the molecule is C[C@H](C(=O)NC1CCCC1)N(Cc1ccc(Cl)c(Cl)c1)C(=O)CCCSc1ccc(Cl)cc1. The van der Waals surface area contributed by atoms with Crippen LogP contribution in [-0.4, -0.2) is 34.6 Å². The lowest BCUT2D eigenvalue weighted by atomic mass is 10.1. The van der Waals surface area contributed by atoms with Crippen molar-refractivity contribution < 1.29 is 9.59 Å². The molecule has 0 aromatic heterocycles. The highest BCUT2D eigenvalue weighted by atomic mass is 35.5. The largest absolute Gasteiger partial charge is 0.352 e. The van der Waals surface area contributed by atoms with Gasteiger partial charge >= 0.3 is 0 Å². The summed E-state index contributed by atoms with van der Waals surface area (Å²) in [5.74, 6) is 0.647. The van der Waals surface area contributed by atoms with Gasteiger partial charge in [-0.05, 0) is 73.9 Å². The minimum absolute atomic E-state index is 0.0492. The molecule has 3 rings (SSSR count). The molecule has 2 aromatic carbocycles. The Labute approximate surface area is 215 Å². The van der Waals surface area contributed by atoms with Crippen LogP contribution in [0.1, 0.15) is 51.0 Å². The van der Waals surface area contributed by atoms with Crippen molar-refractivity contribution in [2.75, 3.05) is 5.75 Å². The van der Waals surface area contributed by atoms with E-state index in [9.17, 15) is 9.59 Å². The van der Waals surface area contributed by atoms with Gasteiger partial charge in [-0.3, -0.25) is 9.59 Å². The number of hydrogen-bond acceptors (Lipinski definition) is 3. The Hall–Kier alpha value is -1.40. The maximum Gasteiger partial charge on any atom is 0.242 e. The van der Waals surface area contributed by atoms with Crippen molar-refractivity contribution >= 4 is 58.4 Å². The van der Waals surface area contributed by atoms with Gasteiger partial charge in [-0.1, -0.05) is 53.7 Å². The fourth-order valence-electron chi connectivity index (χ4n) is 3.90. The van der Waals surface area contributed by atoms with E-state index in [1.54, 1.807) is 35.7 Å². The fourth-order valence-corrected chi connectivity index (χ4v) is 5.20. The zero-order valence-corrected chi connectivity index (χ0v) is 21.7. The number of nitrogens with zero attached hydrogens (tertiary/aromatic N) is 1. The number of benzene rings is 2. The van der Waals surface area contributed by atoms with Crippen molar-refractivity contribution in [2.45, 2.75) is 69.0 Å². The molecule has 0 saturated heterocycles. The van der Waals surface area contributed by atoms with Crippen LogP contribution in [0.3, 0.4) is 0 Å². The van der Waals surface area contributed by atoms with Crippen LogP contribution in [0.25, 0.3) is 0 Å². The predicted octanol–water partition coefficient (Wildman–Crippen LogP) is 7.00. The molecule has 4 nitrogen and oxygen atoms in total. The first kappa shape index (κ1) is 26.2. The molecular weight excluding hydrogens is 499 g/mol. The minimum atomic E-state index is -0.573. The summed E-state index contributed by atoms with van der Waals surface area (Å²) in [6, 6.07) is 12.6. The van der Waals surface area contributed by atoms with Gasteiger partial charge in [-0.25, -0.2) is 0 Å². The lowest BCUT2D eigenvalue weighted by molar-refractivity contribution is -0.140. The summed E-state index contributed by atoms with van der Waals surface area (Å²) in [7, 11) is 0. The first-order valence-electron chi connectivity index (χ1n) is 11.3. The molecule has 2 aromatic rings. The quantitative estimate of drug-likeness (QED) is 0.267. The van der Waals surface area contributed by atoms with Crippen LogP contribution in [0, 0.1) is 0 Å². The predicted molar refractivity (Wildman–Crippen MR) is 138 cm³/mol. The summed E-state index contributed by atoms with van der Waals surface area (Å²) >= 11 is 19.8. The van der Waals surface area contributed by atoms with E-state index in [1.807, 2.05) is 30.3 Å². The zero-order valence-electron chi connectivity index (χ0n) is 18.7. The number of thioether (sulfide) groups is 1. The number of halogens is 3. The second-order valence-electron chi connectivity index (χ2n) is 8.34. The Morgan fingerprint density at radius 1 is 1.06 bits per heavy atom. The number of hydrogen-bond donors (Lipinski definition) is 1. The Morgan fingerprint density at radius 3 is 2.42 bits per heavy atom. The molecule has 1 aliphatic carbocycles. The molecule has 0 spiro atoms. The van der Waals surface area contributed by atoms with Crippen LogP contribution in [0.2, 0.25) is 15.1 Å². The molecule has 2 amide bonds. The van der Waals surface area contributed by atoms with E-state index in [2.05, 4.69) is 5.32 Å². The second-order valence-corrected chi connectivity index (χ2v) is 10.8. The molecule has 0 aliphatic heterocycles. The first-order chi connectivity index (χ1) is 15.8. The molecular formula is C25H29Cl3N2O2S. The van der Waals surface area contributed by atoms with E-state index in [1.165, 1.54) is 0 Å². The van der Waals surface area contributed by atoms with Gasteiger partial charge in [0.1, 0.15) is 6.04 Å². The molecule has 0 unspecified atom stereocenters.